The number of hydrogen-bond donors (Lipinski definition) is 2. The lowest BCUT2D eigenvalue weighted by molar-refractivity contribution is -0.126. The van der Waals surface area contributed by atoms with Crippen molar-refractivity contribution < 1.29 is 9.59 Å². The molecule has 0 rings (SSSR count). The molecule has 0 aliphatic carbocycles. The van der Waals surface area contributed by atoms with Gasteiger partial charge in [-0.25, -0.2) is 0 Å². The Morgan fingerprint density at radius 3 is 1.75 bits per heavy atom. The van der Waals surface area contributed by atoms with Crippen LogP contribution >= 0.6 is 0 Å². The van der Waals surface area contributed by atoms with E-state index in [4.69, 9.17) is 0 Å². The number of carbonyl (C=O) groups excluding carboxylic acids is 2. The average Bonchev–Trinajstić information content (AvgIpc) is 2.25. The third-order valence-electron chi connectivity index (χ3n) is 2.60. The fourth-order valence-electron chi connectivity index (χ4n) is 1.38. The van der Waals surface area contributed by atoms with E-state index in [1.54, 1.807) is 0 Å². The summed E-state index contributed by atoms with van der Waals surface area (Å²) in [6.07, 6.45) is 1.72. The Morgan fingerprint density at radius 1 is 0.938 bits per heavy atom. The van der Waals surface area contributed by atoms with Crippen LogP contribution in [0.4, 0.5) is 0 Å². The van der Waals surface area contributed by atoms with E-state index in [1.165, 1.54) is 0 Å². The van der Waals surface area contributed by atoms with E-state index < -0.39 is 0 Å². The quantitative estimate of drug-likeness (QED) is 0.645. The minimum Gasteiger partial charge on any atom is -0.354 e. The molecule has 0 saturated heterocycles. The summed E-state index contributed by atoms with van der Waals surface area (Å²) in [6, 6.07) is 0. The van der Waals surface area contributed by atoms with E-state index in [0.717, 1.165) is 12.8 Å². The molecular weight excluding hydrogens is 204 g/mol. The van der Waals surface area contributed by atoms with E-state index in [1.807, 2.05) is 27.7 Å². The standard InChI is InChI=1S/C12H24N2O2/c1-5-10(6-2)12(16)14-8-7-13-11(15)9(3)4/h9-10H,5-8H2,1-4H3,(H,13,15)(H,14,16). The van der Waals surface area contributed by atoms with Gasteiger partial charge in [0.2, 0.25) is 11.8 Å². The Hall–Kier alpha value is -1.06. The van der Waals surface area contributed by atoms with Gasteiger partial charge in [-0.05, 0) is 12.8 Å². The maximum atomic E-state index is 11.6. The Morgan fingerprint density at radius 2 is 1.38 bits per heavy atom. The molecule has 94 valence electrons. The van der Waals surface area contributed by atoms with Crippen molar-refractivity contribution >= 4 is 11.8 Å². The topological polar surface area (TPSA) is 58.2 Å². The van der Waals surface area contributed by atoms with E-state index >= 15 is 0 Å². The summed E-state index contributed by atoms with van der Waals surface area (Å²) < 4.78 is 0. The van der Waals surface area contributed by atoms with Crippen molar-refractivity contribution in [1.82, 2.24) is 10.6 Å². The van der Waals surface area contributed by atoms with Gasteiger partial charge in [0.1, 0.15) is 0 Å². The second kappa shape index (κ2) is 8.13. The van der Waals surface area contributed by atoms with Gasteiger partial charge in [0.05, 0.1) is 0 Å². The molecule has 0 aliphatic heterocycles. The third-order valence-corrected chi connectivity index (χ3v) is 2.60. The van der Waals surface area contributed by atoms with Crippen LogP contribution in [0.25, 0.3) is 0 Å². The largest absolute Gasteiger partial charge is 0.354 e. The number of nitrogens with one attached hydrogen (secondary N) is 2. The van der Waals surface area contributed by atoms with Gasteiger partial charge in [-0.2, -0.15) is 0 Å². The van der Waals surface area contributed by atoms with Crippen molar-refractivity contribution in [2.24, 2.45) is 11.8 Å². The van der Waals surface area contributed by atoms with E-state index in [9.17, 15) is 9.59 Å². The summed E-state index contributed by atoms with van der Waals surface area (Å²) in [5, 5.41) is 5.58. The van der Waals surface area contributed by atoms with Crippen LogP contribution in [-0.2, 0) is 9.59 Å². The highest BCUT2D eigenvalue weighted by molar-refractivity contribution is 5.79. The van der Waals surface area contributed by atoms with Gasteiger partial charge in [-0.3, -0.25) is 9.59 Å². The Bertz CT molecular complexity index is 223. The zero-order chi connectivity index (χ0) is 12.6. The summed E-state index contributed by atoms with van der Waals surface area (Å²) in [7, 11) is 0. The van der Waals surface area contributed by atoms with Gasteiger partial charge in [0.25, 0.3) is 0 Å². The summed E-state index contributed by atoms with van der Waals surface area (Å²) >= 11 is 0. The SMILES string of the molecule is CCC(CC)C(=O)NCCNC(=O)C(C)C. The van der Waals surface area contributed by atoms with Crippen molar-refractivity contribution in [3.05, 3.63) is 0 Å². The predicted octanol–water partition coefficient (Wildman–Crippen LogP) is 1.31. The summed E-state index contributed by atoms with van der Waals surface area (Å²) in [4.78, 5) is 22.8. The molecule has 0 heterocycles. The molecule has 0 aromatic heterocycles. The molecule has 0 atom stereocenters. The lowest BCUT2D eigenvalue weighted by atomic mass is 10.0. The second-order valence-electron chi connectivity index (χ2n) is 4.25. The summed E-state index contributed by atoms with van der Waals surface area (Å²) in [6.45, 7) is 8.72. The van der Waals surface area contributed by atoms with Gasteiger partial charge in [0, 0.05) is 24.9 Å². The third kappa shape index (κ3) is 5.73. The van der Waals surface area contributed by atoms with Gasteiger partial charge in [0.15, 0.2) is 0 Å². The minimum absolute atomic E-state index is 0.00488. The van der Waals surface area contributed by atoms with Gasteiger partial charge >= 0.3 is 0 Å². The van der Waals surface area contributed by atoms with Crippen molar-refractivity contribution in [2.45, 2.75) is 40.5 Å². The maximum Gasteiger partial charge on any atom is 0.223 e. The smallest absolute Gasteiger partial charge is 0.223 e. The molecule has 4 heteroatoms. The highest BCUT2D eigenvalue weighted by Crippen LogP contribution is 2.06. The van der Waals surface area contributed by atoms with Crippen LogP contribution in [-0.4, -0.2) is 24.9 Å². The first kappa shape index (κ1) is 14.9. The molecule has 0 unspecified atom stereocenters. The predicted molar refractivity (Wildman–Crippen MR) is 64.9 cm³/mol. The molecule has 0 radical (unpaired) electrons. The van der Waals surface area contributed by atoms with Gasteiger partial charge in [-0.15, -0.1) is 0 Å². The Balaban J connectivity index is 3.66. The molecular formula is C12H24N2O2. The van der Waals surface area contributed by atoms with E-state index in [-0.39, 0.29) is 23.7 Å². The summed E-state index contributed by atoms with van der Waals surface area (Å²) in [5.41, 5.74) is 0. The van der Waals surface area contributed by atoms with Crippen LogP contribution < -0.4 is 10.6 Å². The van der Waals surface area contributed by atoms with Crippen LogP contribution in [0.3, 0.4) is 0 Å². The maximum absolute atomic E-state index is 11.6. The lowest BCUT2D eigenvalue weighted by Gasteiger charge is -2.13. The molecule has 16 heavy (non-hydrogen) atoms. The average molecular weight is 228 g/mol. The van der Waals surface area contributed by atoms with E-state index in [2.05, 4.69) is 10.6 Å². The monoisotopic (exact) mass is 228 g/mol. The molecule has 0 bridgehead atoms. The fraction of sp³-hybridized carbons (Fsp3) is 0.833. The van der Waals surface area contributed by atoms with Crippen LogP contribution in [0.1, 0.15) is 40.5 Å². The molecule has 0 saturated carbocycles. The molecule has 2 N–H and O–H groups in total. The first-order valence-electron chi connectivity index (χ1n) is 6.08. The molecule has 0 aromatic rings. The van der Waals surface area contributed by atoms with E-state index in [0.29, 0.717) is 13.1 Å². The van der Waals surface area contributed by atoms with Crippen molar-refractivity contribution in [3.63, 3.8) is 0 Å². The molecule has 0 aromatic carbocycles. The Kier molecular flexibility index (Phi) is 7.60. The normalized spacial score (nSPS) is 10.6. The molecule has 0 spiro atoms. The van der Waals surface area contributed by atoms with Crippen LogP contribution in [0.5, 0.6) is 0 Å². The number of hydrogen-bond acceptors (Lipinski definition) is 2. The number of carbonyl (C=O) groups is 2. The fourth-order valence-corrected chi connectivity index (χ4v) is 1.38. The highest BCUT2D eigenvalue weighted by atomic mass is 16.2. The first-order chi connectivity index (χ1) is 7.52. The molecule has 2 amide bonds. The van der Waals surface area contributed by atoms with Crippen molar-refractivity contribution in [1.29, 1.82) is 0 Å². The minimum atomic E-state index is -0.00488. The molecule has 4 nitrogen and oxygen atoms in total. The van der Waals surface area contributed by atoms with Crippen LogP contribution in [0.2, 0.25) is 0 Å². The number of amides is 2. The van der Waals surface area contributed by atoms with Crippen molar-refractivity contribution in [2.75, 3.05) is 13.1 Å². The second-order valence-corrected chi connectivity index (χ2v) is 4.25. The highest BCUT2D eigenvalue weighted by Gasteiger charge is 2.13. The van der Waals surface area contributed by atoms with Crippen molar-refractivity contribution in [3.8, 4) is 0 Å². The zero-order valence-corrected chi connectivity index (χ0v) is 10.8. The number of rotatable bonds is 7. The van der Waals surface area contributed by atoms with Crippen LogP contribution in [0, 0.1) is 11.8 Å². The zero-order valence-electron chi connectivity index (χ0n) is 10.8. The van der Waals surface area contributed by atoms with Gasteiger partial charge < -0.3 is 10.6 Å². The lowest BCUT2D eigenvalue weighted by Crippen LogP contribution is -2.38. The molecule has 0 aliphatic rings. The van der Waals surface area contributed by atoms with Gasteiger partial charge in [-0.1, -0.05) is 27.7 Å². The first-order valence-corrected chi connectivity index (χ1v) is 6.08. The summed E-state index contributed by atoms with van der Waals surface area (Å²) in [5.74, 6) is 0.205. The molecule has 0 fully saturated rings. The van der Waals surface area contributed by atoms with Crippen LogP contribution in [0.15, 0.2) is 0 Å². The Labute approximate surface area is 98.2 Å².